The van der Waals surface area contributed by atoms with Crippen LogP contribution in [0.4, 0.5) is 5.69 Å². The molecule has 29 heavy (non-hydrogen) atoms. The molecule has 2 N–H and O–H groups in total. The van der Waals surface area contributed by atoms with Crippen LogP contribution in [0.5, 0.6) is 0 Å². The maximum absolute atomic E-state index is 6.22. The zero-order chi connectivity index (χ0) is 19.8. The number of aryl methyl sites for hydroxylation is 2. The van der Waals surface area contributed by atoms with Crippen molar-refractivity contribution in [2.24, 2.45) is 0 Å². The summed E-state index contributed by atoms with van der Waals surface area (Å²) < 4.78 is 2.04. The van der Waals surface area contributed by atoms with Crippen LogP contribution in [-0.2, 0) is 6.54 Å². The maximum atomic E-state index is 6.22. The minimum absolute atomic E-state index is 0.173. The lowest BCUT2D eigenvalue weighted by molar-refractivity contribution is 0.539. The molecule has 2 aliphatic rings. The topological polar surface area (TPSA) is 54.8 Å². The fraction of sp³-hybridized carbons (Fsp3) is 0.304. The van der Waals surface area contributed by atoms with Crippen molar-refractivity contribution in [2.45, 2.75) is 32.4 Å². The van der Waals surface area contributed by atoms with Crippen molar-refractivity contribution in [1.29, 1.82) is 0 Å². The molecule has 1 unspecified atom stereocenters. The van der Waals surface area contributed by atoms with Gasteiger partial charge in [-0.15, -0.1) is 5.10 Å². The molecule has 3 aromatic rings. The third kappa shape index (κ3) is 3.56. The van der Waals surface area contributed by atoms with Gasteiger partial charge in [-0.05, 0) is 67.3 Å². The van der Waals surface area contributed by atoms with Crippen LogP contribution < -0.4 is 10.6 Å². The molecule has 3 heterocycles. The number of rotatable bonds is 3. The van der Waals surface area contributed by atoms with Gasteiger partial charge in [0.05, 0.1) is 17.4 Å². The Hall–Kier alpha value is -2.63. The molecule has 0 spiro atoms. The van der Waals surface area contributed by atoms with Gasteiger partial charge in [0, 0.05) is 29.4 Å². The molecule has 0 aliphatic carbocycles. The Morgan fingerprint density at radius 2 is 2.14 bits per heavy atom. The molecule has 0 bridgehead atoms. The van der Waals surface area contributed by atoms with E-state index in [0.717, 1.165) is 54.6 Å². The highest BCUT2D eigenvalue weighted by Crippen LogP contribution is 2.38. The lowest BCUT2D eigenvalue weighted by Gasteiger charge is -2.22. The summed E-state index contributed by atoms with van der Waals surface area (Å²) in [7, 11) is 0. The second-order valence-corrected chi connectivity index (χ2v) is 8.16. The van der Waals surface area contributed by atoms with Gasteiger partial charge in [-0.25, -0.2) is 4.68 Å². The Balaban J connectivity index is 1.61. The van der Waals surface area contributed by atoms with Crippen LogP contribution in [0.15, 0.2) is 48.5 Å². The van der Waals surface area contributed by atoms with Gasteiger partial charge in [0.1, 0.15) is 0 Å². The molecule has 2 aromatic carbocycles. The molecule has 5 nitrogen and oxygen atoms in total. The first kappa shape index (κ1) is 18.4. The van der Waals surface area contributed by atoms with E-state index in [2.05, 4.69) is 51.3 Å². The molecule has 1 aromatic heterocycles. The fourth-order valence-electron chi connectivity index (χ4n) is 4.38. The van der Waals surface area contributed by atoms with Gasteiger partial charge in [0.2, 0.25) is 0 Å². The highest BCUT2D eigenvalue weighted by molar-refractivity contribution is 6.30. The summed E-state index contributed by atoms with van der Waals surface area (Å²) in [6.07, 6.45) is 4.29. The van der Waals surface area contributed by atoms with Crippen molar-refractivity contribution in [3.05, 3.63) is 70.4 Å². The van der Waals surface area contributed by atoms with E-state index in [-0.39, 0.29) is 6.04 Å². The number of aromatic nitrogens is 3. The monoisotopic (exact) mass is 405 g/mol. The minimum Gasteiger partial charge on any atom is -0.378 e. The summed E-state index contributed by atoms with van der Waals surface area (Å²) >= 11 is 6.22. The van der Waals surface area contributed by atoms with E-state index < -0.39 is 0 Å². The van der Waals surface area contributed by atoms with Gasteiger partial charge in [-0.1, -0.05) is 41.1 Å². The quantitative estimate of drug-likeness (QED) is 0.654. The third-order valence-corrected chi connectivity index (χ3v) is 6.05. The summed E-state index contributed by atoms with van der Waals surface area (Å²) in [6.45, 7) is 4.83. The number of hydrogen-bond donors (Lipinski definition) is 2. The molecule has 0 fully saturated rings. The Kier molecular flexibility index (Phi) is 4.86. The molecular formula is C23H24ClN5. The van der Waals surface area contributed by atoms with Crippen LogP contribution in [0.25, 0.3) is 16.8 Å². The van der Waals surface area contributed by atoms with E-state index >= 15 is 0 Å². The fourth-order valence-corrected chi connectivity index (χ4v) is 4.57. The van der Waals surface area contributed by atoms with Crippen LogP contribution in [-0.4, -0.2) is 28.1 Å². The summed E-state index contributed by atoms with van der Waals surface area (Å²) in [5, 5.41) is 16.6. The smallest absolute Gasteiger partial charge is 0.0918 e. The average molecular weight is 406 g/mol. The second-order valence-electron chi connectivity index (χ2n) is 7.73. The maximum Gasteiger partial charge on any atom is 0.0918 e. The first-order chi connectivity index (χ1) is 14.2. The first-order valence-electron chi connectivity index (χ1n) is 10.2. The number of nitrogens with one attached hydrogen (secondary N) is 2. The van der Waals surface area contributed by atoms with E-state index in [1.165, 1.54) is 22.3 Å². The number of halogens is 1. The normalized spacial score (nSPS) is 18.4. The summed E-state index contributed by atoms with van der Waals surface area (Å²) in [5.41, 5.74) is 8.37. The van der Waals surface area contributed by atoms with Crippen LogP contribution in [0.1, 0.15) is 35.7 Å². The predicted molar refractivity (Wildman–Crippen MR) is 118 cm³/mol. The molecule has 1 atom stereocenters. The van der Waals surface area contributed by atoms with Crippen molar-refractivity contribution >= 4 is 22.9 Å². The van der Waals surface area contributed by atoms with E-state index in [4.69, 9.17) is 11.6 Å². The Labute approximate surface area is 175 Å². The Morgan fingerprint density at radius 3 is 2.97 bits per heavy atom. The highest BCUT2D eigenvalue weighted by atomic mass is 35.5. The van der Waals surface area contributed by atoms with Gasteiger partial charge in [-0.3, -0.25) is 0 Å². The molecule has 0 saturated heterocycles. The number of anilines is 1. The zero-order valence-electron chi connectivity index (χ0n) is 16.5. The summed E-state index contributed by atoms with van der Waals surface area (Å²) in [6, 6.07) is 15.0. The Bertz CT molecular complexity index is 1080. The molecule has 0 amide bonds. The van der Waals surface area contributed by atoms with Crippen molar-refractivity contribution in [3.8, 4) is 11.3 Å². The van der Waals surface area contributed by atoms with Gasteiger partial charge >= 0.3 is 0 Å². The average Bonchev–Trinajstić information content (AvgIpc) is 3.03. The number of hydrogen-bond acceptors (Lipinski definition) is 4. The van der Waals surface area contributed by atoms with Gasteiger partial charge in [-0.2, -0.15) is 0 Å². The first-order valence-corrected chi connectivity index (χ1v) is 10.5. The minimum atomic E-state index is 0.173. The van der Waals surface area contributed by atoms with E-state index in [9.17, 15) is 0 Å². The lowest BCUT2D eigenvalue weighted by Crippen LogP contribution is -2.20. The van der Waals surface area contributed by atoms with Crippen molar-refractivity contribution < 1.29 is 0 Å². The molecule has 5 rings (SSSR count). The molecular weight excluding hydrogens is 382 g/mol. The van der Waals surface area contributed by atoms with Crippen LogP contribution in [0.3, 0.4) is 0 Å². The van der Waals surface area contributed by atoms with Gasteiger partial charge in [0.25, 0.3) is 0 Å². The summed E-state index contributed by atoms with van der Waals surface area (Å²) in [4.78, 5) is 0. The molecule has 2 aliphatic heterocycles. The van der Waals surface area contributed by atoms with Crippen LogP contribution in [0, 0.1) is 6.92 Å². The number of nitrogens with zero attached hydrogens (tertiary/aromatic N) is 3. The predicted octanol–water partition coefficient (Wildman–Crippen LogP) is 4.84. The zero-order valence-corrected chi connectivity index (χ0v) is 17.2. The van der Waals surface area contributed by atoms with Crippen molar-refractivity contribution in [3.63, 3.8) is 0 Å². The molecule has 148 valence electrons. The second kappa shape index (κ2) is 7.65. The van der Waals surface area contributed by atoms with Crippen molar-refractivity contribution in [1.82, 2.24) is 20.3 Å². The van der Waals surface area contributed by atoms with Crippen molar-refractivity contribution in [2.75, 3.05) is 18.4 Å². The molecule has 0 radical (unpaired) electrons. The number of fused-ring (bicyclic) bond motifs is 3. The third-order valence-electron chi connectivity index (χ3n) is 5.82. The van der Waals surface area contributed by atoms with Gasteiger partial charge in [0.15, 0.2) is 0 Å². The van der Waals surface area contributed by atoms with Crippen LogP contribution in [0.2, 0.25) is 5.02 Å². The van der Waals surface area contributed by atoms with E-state index in [1.54, 1.807) is 0 Å². The van der Waals surface area contributed by atoms with E-state index in [1.807, 2.05) is 29.8 Å². The van der Waals surface area contributed by atoms with E-state index in [0.29, 0.717) is 0 Å². The molecule has 6 heteroatoms. The highest BCUT2D eigenvalue weighted by Gasteiger charge is 2.26. The largest absolute Gasteiger partial charge is 0.378 e. The van der Waals surface area contributed by atoms with Crippen LogP contribution >= 0.6 is 11.6 Å². The molecule has 0 saturated carbocycles. The lowest BCUT2D eigenvalue weighted by atomic mass is 9.90. The Morgan fingerprint density at radius 1 is 1.21 bits per heavy atom. The number of benzene rings is 2. The van der Waals surface area contributed by atoms with Gasteiger partial charge < -0.3 is 10.6 Å². The summed E-state index contributed by atoms with van der Waals surface area (Å²) in [5.74, 6) is 0. The standard InChI is InChI=1S/C23H24ClN5/c1-15-23-20-6-5-17(16-7-10-25-11-8-16)13-21(20)22(9-12-29(23)28-27-15)26-19-4-2-3-18(24)14-19/h2-7,13-14,22,25-26H,8-12H2,1H3. The SMILES string of the molecule is Cc1nnn2c1-c1ccc(C3=CCNCC3)cc1C(Nc1cccc(Cl)c1)CC2.